The highest BCUT2D eigenvalue weighted by atomic mass is 32.2. The molecule has 2 amide bonds. The third-order valence-corrected chi connectivity index (χ3v) is 5.72. The lowest BCUT2D eigenvalue weighted by molar-refractivity contribution is -0.0884. The van der Waals surface area contributed by atoms with Gasteiger partial charge in [-0.15, -0.1) is 0 Å². The Morgan fingerprint density at radius 3 is 2.65 bits per heavy atom. The van der Waals surface area contributed by atoms with Gasteiger partial charge in [0.05, 0.1) is 24.5 Å². The number of benzene rings is 1. The summed E-state index contributed by atoms with van der Waals surface area (Å²) in [7, 11) is -3.22. The largest absolute Gasteiger partial charge is 0.394 e. The molecular formula is C17H27N3O5S. The van der Waals surface area contributed by atoms with Crippen LogP contribution in [0.5, 0.6) is 0 Å². The molecule has 1 fully saturated rings. The molecular weight excluding hydrogens is 358 g/mol. The first-order chi connectivity index (χ1) is 12.4. The molecule has 1 aliphatic rings. The highest BCUT2D eigenvalue weighted by molar-refractivity contribution is 7.89. The molecule has 0 aliphatic carbocycles. The van der Waals surface area contributed by atoms with Crippen molar-refractivity contribution < 1.29 is 23.1 Å². The number of carbonyl (C=O) groups excluding carboxylic acids is 1. The molecule has 4 N–H and O–H groups in total. The van der Waals surface area contributed by atoms with Crippen molar-refractivity contribution in [2.24, 2.45) is 0 Å². The quantitative estimate of drug-likeness (QED) is 0.534. The van der Waals surface area contributed by atoms with Gasteiger partial charge in [-0.2, -0.15) is 0 Å². The van der Waals surface area contributed by atoms with Gasteiger partial charge in [-0.25, -0.2) is 17.9 Å². The smallest absolute Gasteiger partial charge is 0.319 e. The summed E-state index contributed by atoms with van der Waals surface area (Å²) < 4.78 is 31.2. The maximum atomic E-state index is 12.1. The van der Waals surface area contributed by atoms with E-state index in [1.165, 1.54) is 0 Å². The van der Waals surface area contributed by atoms with E-state index in [2.05, 4.69) is 15.4 Å². The topological polar surface area (TPSA) is 117 Å². The van der Waals surface area contributed by atoms with Gasteiger partial charge in [-0.05, 0) is 38.3 Å². The highest BCUT2D eigenvalue weighted by Crippen LogP contribution is 2.22. The zero-order chi connectivity index (χ0) is 19.0. The highest BCUT2D eigenvalue weighted by Gasteiger charge is 2.31. The average Bonchev–Trinajstić information content (AvgIpc) is 2.63. The molecule has 1 aromatic carbocycles. The Labute approximate surface area is 154 Å². The number of hydrogen-bond donors (Lipinski definition) is 4. The van der Waals surface area contributed by atoms with E-state index >= 15 is 0 Å². The molecule has 1 heterocycles. The van der Waals surface area contributed by atoms with Crippen LogP contribution in [0.2, 0.25) is 0 Å². The fraction of sp³-hybridized carbons (Fsp3) is 0.588. The predicted molar refractivity (Wildman–Crippen MR) is 99.4 cm³/mol. The number of hydrogen-bond acceptors (Lipinski definition) is 5. The Bertz CT molecular complexity index is 668. The van der Waals surface area contributed by atoms with E-state index in [9.17, 15) is 18.3 Å². The zero-order valence-electron chi connectivity index (χ0n) is 14.8. The Morgan fingerprint density at radius 1 is 1.27 bits per heavy atom. The van der Waals surface area contributed by atoms with Crippen LogP contribution in [0.1, 0.15) is 26.2 Å². The molecule has 0 spiro atoms. The summed E-state index contributed by atoms with van der Waals surface area (Å²) in [5, 5.41) is 15.1. The van der Waals surface area contributed by atoms with Gasteiger partial charge < -0.3 is 20.5 Å². The van der Waals surface area contributed by atoms with Crippen LogP contribution in [0.4, 0.5) is 10.5 Å². The fourth-order valence-electron chi connectivity index (χ4n) is 2.84. The Kier molecular flexibility index (Phi) is 7.83. The van der Waals surface area contributed by atoms with Gasteiger partial charge in [0, 0.05) is 12.2 Å². The van der Waals surface area contributed by atoms with Gasteiger partial charge in [-0.3, -0.25) is 0 Å². The summed E-state index contributed by atoms with van der Waals surface area (Å²) in [5.41, 5.74) is 0.684. The monoisotopic (exact) mass is 385 g/mol. The molecule has 3 atom stereocenters. The SMILES string of the molecule is CCS(=O)(=O)NCC[C@@H]1CC[C@@H](NC(=O)Nc2ccccc2)[C@H](CO)O1. The second kappa shape index (κ2) is 9.86. The molecule has 2 rings (SSSR count). The molecule has 26 heavy (non-hydrogen) atoms. The number of ether oxygens (including phenoxy) is 1. The van der Waals surface area contributed by atoms with Crippen molar-refractivity contribution in [1.29, 1.82) is 0 Å². The third-order valence-electron chi connectivity index (χ3n) is 4.31. The van der Waals surface area contributed by atoms with Gasteiger partial charge in [0.15, 0.2) is 0 Å². The molecule has 0 saturated carbocycles. The van der Waals surface area contributed by atoms with Crippen molar-refractivity contribution in [3.8, 4) is 0 Å². The zero-order valence-corrected chi connectivity index (χ0v) is 15.7. The van der Waals surface area contributed by atoms with Crippen molar-refractivity contribution in [1.82, 2.24) is 10.0 Å². The molecule has 146 valence electrons. The minimum Gasteiger partial charge on any atom is -0.394 e. The normalized spacial score (nSPS) is 23.4. The van der Waals surface area contributed by atoms with E-state index in [1.54, 1.807) is 19.1 Å². The Hall–Kier alpha value is -1.68. The standard InChI is InChI=1S/C17H27N3O5S/c1-2-26(23,24)18-11-10-14-8-9-15(16(12-21)25-14)20-17(22)19-13-6-4-3-5-7-13/h3-7,14-16,18,21H,2,8-12H2,1H3,(H2,19,20,22)/t14-,15+,16-/m0/s1. The lowest BCUT2D eigenvalue weighted by Gasteiger charge is -2.36. The second-order valence-corrected chi connectivity index (χ2v) is 8.31. The van der Waals surface area contributed by atoms with E-state index in [4.69, 9.17) is 4.74 Å². The van der Waals surface area contributed by atoms with Crippen LogP contribution in [-0.4, -0.2) is 56.7 Å². The molecule has 1 aliphatic heterocycles. The first-order valence-corrected chi connectivity index (χ1v) is 10.4. The van der Waals surface area contributed by atoms with Gasteiger partial charge in [0.1, 0.15) is 6.10 Å². The van der Waals surface area contributed by atoms with Crippen molar-refractivity contribution >= 4 is 21.7 Å². The third kappa shape index (κ3) is 6.56. The molecule has 0 unspecified atom stereocenters. The number of amides is 2. The molecule has 8 nitrogen and oxygen atoms in total. The molecule has 0 radical (unpaired) electrons. The summed E-state index contributed by atoms with van der Waals surface area (Å²) >= 11 is 0. The molecule has 9 heteroatoms. The van der Waals surface area contributed by atoms with Crippen LogP contribution in [0.15, 0.2) is 30.3 Å². The van der Waals surface area contributed by atoms with Crippen LogP contribution >= 0.6 is 0 Å². The maximum absolute atomic E-state index is 12.1. The minimum absolute atomic E-state index is 0.0420. The number of rotatable bonds is 8. The van der Waals surface area contributed by atoms with Gasteiger partial charge in [-0.1, -0.05) is 18.2 Å². The van der Waals surface area contributed by atoms with Crippen LogP contribution in [0.25, 0.3) is 0 Å². The number of para-hydroxylation sites is 1. The lowest BCUT2D eigenvalue weighted by atomic mass is 9.97. The molecule has 0 bridgehead atoms. The minimum atomic E-state index is -3.22. The number of sulfonamides is 1. The first-order valence-electron chi connectivity index (χ1n) is 8.79. The number of anilines is 1. The van der Waals surface area contributed by atoms with Crippen LogP contribution in [0, 0.1) is 0 Å². The maximum Gasteiger partial charge on any atom is 0.319 e. The van der Waals surface area contributed by atoms with Gasteiger partial charge >= 0.3 is 6.03 Å². The first kappa shape index (κ1) is 20.6. The van der Waals surface area contributed by atoms with Crippen LogP contribution in [-0.2, 0) is 14.8 Å². The van der Waals surface area contributed by atoms with E-state index in [0.717, 1.165) is 0 Å². The van der Waals surface area contributed by atoms with Crippen molar-refractivity contribution in [2.45, 2.75) is 44.4 Å². The summed E-state index contributed by atoms with van der Waals surface area (Å²) in [4.78, 5) is 12.1. The van der Waals surface area contributed by atoms with Crippen molar-refractivity contribution in [2.75, 3.05) is 24.2 Å². The number of aliphatic hydroxyl groups is 1. The molecule has 0 aromatic heterocycles. The fourth-order valence-corrected chi connectivity index (χ4v) is 3.48. The van der Waals surface area contributed by atoms with Crippen LogP contribution < -0.4 is 15.4 Å². The number of aliphatic hydroxyl groups excluding tert-OH is 1. The Balaban J connectivity index is 1.79. The Morgan fingerprint density at radius 2 is 2.00 bits per heavy atom. The molecule has 1 aromatic rings. The summed E-state index contributed by atoms with van der Waals surface area (Å²) in [6, 6.07) is 8.44. The van der Waals surface area contributed by atoms with Crippen molar-refractivity contribution in [3.05, 3.63) is 30.3 Å². The number of carbonyl (C=O) groups is 1. The summed E-state index contributed by atoms with van der Waals surface area (Å²) in [6.45, 7) is 1.66. The van der Waals surface area contributed by atoms with E-state index in [1.807, 2.05) is 18.2 Å². The van der Waals surface area contributed by atoms with E-state index < -0.39 is 16.1 Å². The average molecular weight is 385 g/mol. The predicted octanol–water partition coefficient (Wildman–Crippen LogP) is 1.05. The second-order valence-electron chi connectivity index (χ2n) is 6.21. The lowest BCUT2D eigenvalue weighted by Crippen LogP contribution is -2.52. The van der Waals surface area contributed by atoms with Crippen molar-refractivity contribution in [3.63, 3.8) is 0 Å². The van der Waals surface area contributed by atoms with Gasteiger partial charge in [0.25, 0.3) is 0 Å². The van der Waals surface area contributed by atoms with E-state index in [0.29, 0.717) is 31.5 Å². The van der Waals surface area contributed by atoms with Gasteiger partial charge in [0.2, 0.25) is 10.0 Å². The molecule has 1 saturated heterocycles. The van der Waals surface area contributed by atoms with E-state index in [-0.39, 0.29) is 30.5 Å². The number of urea groups is 1. The summed E-state index contributed by atoms with van der Waals surface area (Å²) in [5.74, 6) is 0.0420. The summed E-state index contributed by atoms with van der Waals surface area (Å²) in [6.07, 6.45) is 1.19. The van der Waals surface area contributed by atoms with Crippen LogP contribution in [0.3, 0.4) is 0 Å². The number of nitrogens with one attached hydrogen (secondary N) is 3.